The van der Waals surface area contributed by atoms with Crippen LogP contribution in [0.5, 0.6) is 11.5 Å². The fraction of sp³-hybridized carbons (Fsp3) is 0.353. The van der Waals surface area contributed by atoms with Gasteiger partial charge in [0.2, 0.25) is 5.91 Å². The lowest BCUT2D eigenvalue weighted by Crippen LogP contribution is -2.29. The summed E-state index contributed by atoms with van der Waals surface area (Å²) in [6.45, 7) is 4.30. The number of nitrogens with one attached hydrogen (secondary N) is 2. The van der Waals surface area contributed by atoms with Gasteiger partial charge in [0, 0.05) is 49.8 Å². The Labute approximate surface area is 256 Å². The molecule has 0 spiro atoms. The highest BCUT2D eigenvalue weighted by molar-refractivity contribution is 6.08. The number of anilines is 1. The molecule has 0 saturated heterocycles. The molecule has 10 nitrogen and oxygen atoms in total. The van der Waals surface area contributed by atoms with Crippen LogP contribution in [0, 0.1) is 12.8 Å². The molecule has 1 fully saturated rings. The molecule has 2 N–H and O–H groups in total. The van der Waals surface area contributed by atoms with E-state index < -0.39 is 0 Å². The standard InChI is InChI=1S/C34H38N6O4/c1-20-32-31(38-33(40(32)16-15-35-20)23-11-9-22(10-12-23)19-36-21(2)41)24-13-14-26(30(17-24)44-5)37-34(42)28-18-25-27(39(28)3)7-6-8-29(25)43-4/h6-8,13-18,22-23H,9-12,19H2,1-5H3,(H,36,41)(H,37,42). The Hall–Kier alpha value is -4.86. The largest absolute Gasteiger partial charge is 0.496 e. The van der Waals surface area contributed by atoms with Crippen LogP contribution in [0.1, 0.15) is 60.5 Å². The molecule has 44 heavy (non-hydrogen) atoms. The lowest BCUT2D eigenvalue weighted by Gasteiger charge is -2.27. The van der Waals surface area contributed by atoms with Gasteiger partial charge in [0.1, 0.15) is 23.0 Å². The summed E-state index contributed by atoms with van der Waals surface area (Å²) in [6.07, 6.45) is 7.93. The van der Waals surface area contributed by atoms with E-state index in [0.717, 1.165) is 71.4 Å². The minimum Gasteiger partial charge on any atom is -0.496 e. The summed E-state index contributed by atoms with van der Waals surface area (Å²) in [4.78, 5) is 34.6. The summed E-state index contributed by atoms with van der Waals surface area (Å²) < 4.78 is 15.3. The van der Waals surface area contributed by atoms with E-state index in [1.807, 2.05) is 73.4 Å². The van der Waals surface area contributed by atoms with E-state index in [1.165, 1.54) is 0 Å². The highest BCUT2D eigenvalue weighted by atomic mass is 16.5. The molecule has 5 aromatic rings. The van der Waals surface area contributed by atoms with E-state index >= 15 is 0 Å². The van der Waals surface area contributed by atoms with E-state index in [4.69, 9.17) is 14.5 Å². The molecule has 2 amide bonds. The molecule has 0 unspecified atom stereocenters. The minimum absolute atomic E-state index is 0.0224. The molecule has 10 heteroatoms. The van der Waals surface area contributed by atoms with Gasteiger partial charge in [-0.3, -0.25) is 19.0 Å². The molecular weight excluding hydrogens is 556 g/mol. The topological polar surface area (TPSA) is 112 Å². The highest BCUT2D eigenvalue weighted by Crippen LogP contribution is 2.39. The molecule has 6 rings (SSSR count). The van der Waals surface area contributed by atoms with Crippen LogP contribution in [0.15, 0.2) is 54.9 Å². The van der Waals surface area contributed by atoms with Crippen molar-refractivity contribution in [3.8, 4) is 22.8 Å². The van der Waals surface area contributed by atoms with Crippen LogP contribution in [-0.4, -0.2) is 51.5 Å². The lowest BCUT2D eigenvalue weighted by atomic mass is 9.81. The molecule has 2 aromatic carbocycles. The van der Waals surface area contributed by atoms with Crippen LogP contribution >= 0.6 is 0 Å². The number of amides is 2. The van der Waals surface area contributed by atoms with E-state index in [9.17, 15) is 9.59 Å². The molecule has 1 aliphatic carbocycles. The van der Waals surface area contributed by atoms with Crippen molar-refractivity contribution in [2.45, 2.75) is 45.4 Å². The van der Waals surface area contributed by atoms with Gasteiger partial charge in [-0.1, -0.05) is 12.1 Å². The Kier molecular flexibility index (Phi) is 7.99. The number of nitrogens with zero attached hydrogens (tertiary/aromatic N) is 4. The van der Waals surface area contributed by atoms with Gasteiger partial charge < -0.3 is 24.7 Å². The van der Waals surface area contributed by atoms with Gasteiger partial charge >= 0.3 is 0 Å². The number of benzene rings is 2. The van der Waals surface area contributed by atoms with Crippen molar-refractivity contribution in [1.29, 1.82) is 0 Å². The van der Waals surface area contributed by atoms with E-state index in [-0.39, 0.29) is 11.8 Å². The minimum atomic E-state index is -0.249. The Balaban J connectivity index is 1.29. The summed E-state index contributed by atoms with van der Waals surface area (Å²) in [5, 5.41) is 6.88. The average molecular weight is 595 g/mol. The van der Waals surface area contributed by atoms with E-state index in [0.29, 0.717) is 34.7 Å². The maximum Gasteiger partial charge on any atom is 0.272 e. The zero-order valence-electron chi connectivity index (χ0n) is 25.8. The van der Waals surface area contributed by atoms with Crippen LogP contribution in [0.3, 0.4) is 0 Å². The van der Waals surface area contributed by atoms with Gasteiger partial charge in [0.05, 0.1) is 42.3 Å². The maximum absolute atomic E-state index is 13.4. The number of methoxy groups -OCH3 is 2. The number of imidazole rings is 1. The second-order valence-corrected chi connectivity index (χ2v) is 11.6. The number of rotatable bonds is 8. The van der Waals surface area contributed by atoms with Crippen LogP contribution in [-0.2, 0) is 11.8 Å². The number of hydrogen-bond acceptors (Lipinski definition) is 6. The van der Waals surface area contributed by atoms with Crippen molar-refractivity contribution in [2.75, 3.05) is 26.1 Å². The number of aromatic nitrogens is 4. The first-order chi connectivity index (χ1) is 21.3. The average Bonchev–Trinajstić information content (AvgIpc) is 3.59. The van der Waals surface area contributed by atoms with E-state index in [1.54, 1.807) is 21.1 Å². The van der Waals surface area contributed by atoms with E-state index in [2.05, 4.69) is 20.0 Å². The molecule has 228 valence electrons. The van der Waals surface area contributed by atoms with Crippen LogP contribution < -0.4 is 20.1 Å². The number of carbonyl (C=O) groups is 2. The van der Waals surface area contributed by atoms with Gasteiger partial charge in [-0.25, -0.2) is 4.98 Å². The quantitative estimate of drug-likeness (QED) is 0.232. The van der Waals surface area contributed by atoms with Crippen molar-refractivity contribution < 1.29 is 19.1 Å². The number of aryl methyl sites for hydroxylation is 2. The zero-order chi connectivity index (χ0) is 31.0. The predicted octanol–water partition coefficient (Wildman–Crippen LogP) is 5.88. The lowest BCUT2D eigenvalue weighted by molar-refractivity contribution is -0.119. The molecule has 0 radical (unpaired) electrons. The molecule has 1 saturated carbocycles. The third-order valence-electron chi connectivity index (χ3n) is 8.84. The number of ether oxygens (including phenoxy) is 2. The second-order valence-electron chi connectivity index (χ2n) is 11.6. The number of hydrogen-bond donors (Lipinski definition) is 2. The van der Waals surface area contributed by atoms with Gasteiger partial charge in [-0.15, -0.1) is 0 Å². The van der Waals surface area contributed by atoms with Gasteiger partial charge in [-0.2, -0.15) is 0 Å². The molecule has 0 atom stereocenters. The summed E-state index contributed by atoms with van der Waals surface area (Å²) in [5.41, 5.74) is 5.55. The number of carbonyl (C=O) groups excluding carboxylic acids is 2. The normalized spacial score (nSPS) is 16.7. The Morgan fingerprint density at radius 2 is 1.80 bits per heavy atom. The third-order valence-corrected chi connectivity index (χ3v) is 8.84. The van der Waals surface area contributed by atoms with Crippen molar-refractivity contribution in [3.05, 3.63) is 72.1 Å². The van der Waals surface area contributed by atoms with Crippen molar-refractivity contribution in [3.63, 3.8) is 0 Å². The molecule has 3 heterocycles. The summed E-state index contributed by atoms with van der Waals surface area (Å²) >= 11 is 0. The Bertz CT molecular complexity index is 1870. The summed E-state index contributed by atoms with van der Waals surface area (Å²) in [5.74, 6) is 2.86. The monoisotopic (exact) mass is 594 g/mol. The SMILES string of the molecule is COc1cc(-c2nc(C3CCC(CNC(C)=O)CC3)n3ccnc(C)c23)ccc1NC(=O)c1cc2c(OC)cccc2n1C. The molecule has 1 aliphatic rings. The first kappa shape index (κ1) is 29.2. The fourth-order valence-electron chi connectivity index (χ4n) is 6.48. The van der Waals surface area contributed by atoms with Gasteiger partial charge in [0.15, 0.2) is 0 Å². The van der Waals surface area contributed by atoms with Gasteiger partial charge in [0.25, 0.3) is 5.91 Å². The van der Waals surface area contributed by atoms with Crippen LogP contribution in [0.25, 0.3) is 27.7 Å². The van der Waals surface area contributed by atoms with Crippen LogP contribution in [0.2, 0.25) is 0 Å². The summed E-state index contributed by atoms with van der Waals surface area (Å²) in [6, 6.07) is 13.3. The number of fused-ring (bicyclic) bond motifs is 2. The summed E-state index contributed by atoms with van der Waals surface area (Å²) in [7, 11) is 5.09. The van der Waals surface area contributed by atoms with Crippen LogP contribution in [0.4, 0.5) is 5.69 Å². The second kappa shape index (κ2) is 12.0. The Morgan fingerprint density at radius 3 is 2.52 bits per heavy atom. The van der Waals surface area contributed by atoms with Crippen molar-refractivity contribution in [2.24, 2.45) is 13.0 Å². The fourth-order valence-corrected chi connectivity index (χ4v) is 6.48. The zero-order valence-corrected chi connectivity index (χ0v) is 25.8. The Morgan fingerprint density at radius 1 is 1.02 bits per heavy atom. The smallest absolute Gasteiger partial charge is 0.272 e. The molecular formula is C34H38N6O4. The highest BCUT2D eigenvalue weighted by Gasteiger charge is 2.28. The first-order valence-corrected chi connectivity index (χ1v) is 15.0. The predicted molar refractivity (Wildman–Crippen MR) is 171 cm³/mol. The van der Waals surface area contributed by atoms with Crippen molar-refractivity contribution in [1.82, 2.24) is 24.3 Å². The molecule has 3 aromatic heterocycles. The van der Waals surface area contributed by atoms with Crippen molar-refractivity contribution >= 4 is 33.9 Å². The maximum atomic E-state index is 13.4. The third kappa shape index (κ3) is 5.36. The molecule has 0 bridgehead atoms. The first-order valence-electron chi connectivity index (χ1n) is 15.0. The van der Waals surface area contributed by atoms with Gasteiger partial charge in [-0.05, 0) is 68.9 Å². The molecule has 0 aliphatic heterocycles.